The Kier molecular flexibility index (Phi) is 5.47. The molecule has 0 N–H and O–H groups in total. The monoisotopic (exact) mass is 600 g/mol. The lowest BCUT2D eigenvalue weighted by Gasteiger charge is -2.20. The third-order valence-corrected chi connectivity index (χ3v) is 11.1. The zero-order chi connectivity index (χ0) is 30.4. The van der Waals surface area contributed by atoms with E-state index in [9.17, 15) is 0 Å². The number of hydrogen-bond acceptors (Lipinski definition) is 1. The van der Waals surface area contributed by atoms with Crippen LogP contribution in [0, 0.1) is 6.92 Å². The summed E-state index contributed by atoms with van der Waals surface area (Å²) in [6, 6.07) is 56.4. The van der Waals surface area contributed by atoms with Crippen molar-refractivity contribution in [2.24, 2.45) is 0 Å². The van der Waals surface area contributed by atoms with Gasteiger partial charge in [0.15, 0.2) is 0 Å². The summed E-state index contributed by atoms with van der Waals surface area (Å²) in [7, 11) is 0. The number of fused-ring (bicyclic) bond motifs is 7. The lowest BCUT2D eigenvalue weighted by Crippen LogP contribution is -1.93. The maximum Gasteiger partial charge on any atom is 0.0434 e. The predicted molar refractivity (Wildman–Crippen MR) is 200 cm³/mol. The van der Waals surface area contributed by atoms with E-state index in [1.807, 2.05) is 11.3 Å². The summed E-state index contributed by atoms with van der Waals surface area (Å²) in [5, 5.41) is 7.93. The molecule has 0 radical (unpaired) electrons. The minimum atomic E-state index is 1.26. The molecule has 0 fully saturated rings. The molecular weight excluding hydrogens is 573 g/mol. The Balaban J connectivity index is 1.35. The van der Waals surface area contributed by atoms with Crippen LogP contribution in [0.25, 0.3) is 97.4 Å². The van der Waals surface area contributed by atoms with E-state index >= 15 is 0 Å². The molecule has 46 heavy (non-hydrogen) atoms. The standard InChI is InChI=1S/C45H28S/c1-27-21-23-29(24-22-27)41-34-15-6-5-14-33(34)40(28-11-3-2-4-12-28)43-37-19-9-16-32-30(25-26-38(42(32)37)44(41)43)35-17-10-18-36-31-13-7-8-20-39(31)46-45(35)36/h2-26H,1H3. The summed E-state index contributed by atoms with van der Waals surface area (Å²) in [6.45, 7) is 2.17. The number of benzene rings is 8. The maximum atomic E-state index is 2.40. The van der Waals surface area contributed by atoms with Gasteiger partial charge in [-0.3, -0.25) is 0 Å². The molecule has 0 bridgehead atoms. The molecule has 1 aliphatic carbocycles. The second kappa shape index (κ2) is 9.75. The van der Waals surface area contributed by atoms with Crippen molar-refractivity contribution in [1.82, 2.24) is 0 Å². The lowest BCUT2D eigenvalue weighted by molar-refractivity contribution is 1.47. The minimum Gasteiger partial charge on any atom is -0.135 e. The van der Waals surface area contributed by atoms with E-state index in [1.165, 1.54) is 103 Å². The Morgan fingerprint density at radius 3 is 1.63 bits per heavy atom. The van der Waals surface area contributed by atoms with Gasteiger partial charge in [-0.1, -0.05) is 151 Å². The third kappa shape index (κ3) is 3.55. The first kappa shape index (κ1) is 25.8. The largest absolute Gasteiger partial charge is 0.135 e. The van der Waals surface area contributed by atoms with E-state index < -0.39 is 0 Å². The lowest BCUT2D eigenvalue weighted by atomic mass is 9.82. The number of rotatable bonds is 3. The molecule has 214 valence electrons. The fourth-order valence-electron chi connectivity index (χ4n) is 7.92. The van der Waals surface area contributed by atoms with Crippen molar-refractivity contribution in [2.45, 2.75) is 6.92 Å². The molecule has 0 saturated carbocycles. The molecule has 9 aromatic rings. The summed E-state index contributed by atoms with van der Waals surface area (Å²) in [5.41, 5.74) is 14.4. The molecule has 1 aliphatic rings. The Labute approximate surface area is 271 Å². The number of hydrogen-bond donors (Lipinski definition) is 0. The fourth-order valence-corrected chi connectivity index (χ4v) is 9.15. The molecule has 0 saturated heterocycles. The molecule has 8 aromatic carbocycles. The molecule has 10 rings (SSSR count). The van der Waals surface area contributed by atoms with E-state index in [1.54, 1.807) is 0 Å². The molecule has 0 spiro atoms. The summed E-state index contributed by atoms with van der Waals surface area (Å²) in [4.78, 5) is 0. The fraction of sp³-hybridized carbons (Fsp3) is 0.0222. The van der Waals surface area contributed by atoms with E-state index in [0.29, 0.717) is 0 Å². The Morgan fingerprint density at radius 2 is 0.891 bits per heavy atom. The van der Waals surface area contributed by atoms with Gasteiger partial charge in [-0.05, 0) is 84.6 Å². The van der Waals surface area contributed by atoms with Gasteiger partial charge in [0.1, 0.15) is 0 Å². The summed E-state index contributed by atoms with van der Waals surface area (Å²) in [5.74, 6) is 0. The van der Waals surface area contributed by atoms with Gasteiger partial charge >= 0.3 is 0 Å². The van der Waals surface area contributed by atoms with Crippen LogP contribution in [-0.4, -0.2) is 0 Å². The van der Waals surface area contributed by atoms with Crippen molar-refractivity contribution in [3.05, 3.63) is 157 Å². The van der Waals surface area contributed by atoms with Crippen LogP contribution in [0.5, 0.6) is 0 Å². The van der Waals surface area contributed by atoms with Crippen LogP contribution in [0.4, 0.5) is 0 Å². The van der Waals surface area contributed by atoms with E-state index in [0.717, 1.165) is 0 Å². The van der Waals surface area contributed by atoms with Gasteiger partial charge < -0.3 is 0 Å². The highest BCUT2D eigenvalue weighted by atomic mass is 32.1. The highest BCUT2D eigenvalue weighted by Crippen LogP contribution is 2.58. The van der Waals surface area contributed by atoms with Crippen molar-refractivity contribution >= 4 is 53.1 Å². The highest BCUT2D eigenvalue weighted by molar-refractivity contribution is 7.26. The van der Waals surface area contributed by atoms with E-state index in [2.05, 4.69) is 159 Å². The van der Waals surface area contributed by atoms with Crippen molar-refractivity contribution in [3.63, 3.8) is 0 Å². The predicted octanol–water partition coefficient (Wildman–Crippen LogP) is 13.3. The first-order valence-electron chi connectivity index (χ1n) is 15.9. The molecule has 0 amide bonds. The van der Waals surface area contributed by atoms with Crippen LogP contribution in [0.3, 0.4) is 0 Å². The summed E-state index contributed by atoms with van der Waals surface area (Å²) in [6.07, 6.45) is 0. The molecule has 0 atom stereocenters. The zero-order valence-corrected chi connectivity index (χ0v) is 26.2. The molecule has 1 heteroatoms. The average molecular weight is 601 g/mol. The van der Waals surface area contributed by atoms with Gasteiger partial charge in [0.2, 0.25) is 0 Å². The second-order valence-electron chi connectivity index (χ2n) is 12.4. The Hall–Kier alpha value is -5.50. The van der Waals surface area contributed by atoms with Crippen LogP contribution < -0.4 is 0 Å². The van der Waals surface area contributed by atoms with Gasteiger partial charge in [-0.25, -0.2) is 0 Å². The maximum absolute atomic E-state index is 2.40. The van der Waals surface area contributed by atoms with Crippen molar-refractivity contribution in [3.8, 4) is 55.6 Å². The summed E-state index contributed by atoms with van der Waals surface area (Å²) >= 11 is 1.91. The van der Waals surface area contributed by atoms with Gasteiger partial charge in [-0.15, -0.1) is 11.3 Å². The van der Waals surface area contributed by atoms with Crippen LogP contribution in [0.1, 0.15) is 5.56 Å². The molecular formula is C45H28S. The Bertz CT molecular complexity index is 2670. The third-order valence-electron chi connectivity index (χ3n) is 9.89. The quantitative estimate of drug-likeness (QED) is 0.189. The van der Waals surface area contributed by atoms with Gasteiger partial charge in [0.05, 0.1) is 0 Å². The first-order chi connectivity index (χ1) is 22.8. The zero-order valence-electron chi connectivity index (χ0n) is 25.3. The second-order valence-corrected chi connectivity index (χ2v) is 13.5. The highest BCUT2D eigenvalue weighted by Gasteiger charge is 2.31. The van der Waals surface area contributed by atoms with Crippen molar-refractivity contribution < 1.29 is 0 Å². The molecule has 1 aromatic heterocycles. The first-order valence-corrected chi connectivity index (χ1v) is 16.8. The van der Waals surface area contributed by atoms with Crippen LogP contribution in [0.15, 0.2) is 152 Å². The summed E-state index contributed by atoms with van der Waals surface area (Å²) < 4.78 is 2.70. The van der Waals surface area contributed by atoms with Crippen LogP contribution >= 0.6 is 11.3 Å². The normalized spacial score (nSPS) is 12.0. The van der Waals surface area contributed by atoms with Crippen LogP contribution in [-0.2, 0) is 0 Å². The molecule has 0 nitrogen and oxygen atoms in total. The van der Waals surface area contributed by atoms with Gasteiger partial charge in [0, 0.05) is 25.7 Å². The van der Waals surface area contributed by atoms with Crippen LogP contribution in [0.2, 0.25) is 0 Å². The SMILES string of the molecule is Cc1ccc(-c2c3c(c(-c4ccccc4)c4ccccc24)-c2cccc4c(-c5cccc6c5sc5ccccc56)ccc-3c24)cc1. The topological polar surface area (TPSA) is 0 Å². The molecule has 1 heterocycles. The van der Waals surface area contributed by atoms with Gasteiger partial charge in [-0.2, -0.15) is 0 Å². The number of aryl methyl sites for hydroxylation is 1. The van der Waals surface area contributed by atoms with Gasteiger partial charge in [0.25, 0.3) is 0 Å². The minimum absolute atomic E-state index is 1.26. The molecule has 0 unspecified atom stereocenters. The average Bonchev–Trinajstić information content (AvgIpc) is 3.65. The van der Waals surface area contributed by atoms with Crippen molar-refractivity contribution in [1.29, 1.82) is 0 Å². The number of thiophene rings is 1. The van der Waals surface area contributed by atoms with E-state index in [-0.39, 0.29) is 0 Å². The van der Waals surface area contributed by atoms with E-state index in [4.69, 9.17) is 0 Å². The smallest absolute Gasteiger partial charge is 0.0434 e. The Morgan fingerprint density at radius 1 is 0.348 bits per heavy atom. The van der Waals surface area contributed by atoms with Crippen molar-refractivity contribution in [2.75, 3.05) is 0 Å². The molecule has 0 aliphatic heterocycles.